The molecule has 5 aromatic rings. The predicted octanol–water partition coefficient (Wildman–Crippen LogP) is 8.96. The maximum Gasteiger partial charge on any atom is 0.433 e. The van der Waals surface area contributed by atoms with E-state index < -0.39 is 76.3 Å². The number of phenols is 1. The fraction of sp³-hybridized carbons (Fsp3) is 0.250. The van der Waals surface area contributed by atoms with Crippen LogP contribution in [-0.4, -0.2) is 57.9 Å². The Kier molecular flexibility index (Phi) is 9.76. The molecule has 2 aliphatic heterocycles. The summed E-state index contributed by atoms with van der Waals surface area (Å²) >= 11 is 19.1. The number of aromatic nitrogens is 1. The highest BCUT2D eigenvalue weighted by Gasteiger charge is 2.71. The molecule has 0 spiro atoms. The molecule has 312 valence electrons. The van der Waals surface area contributed by atoms with Gasteiger partial charge in [0.15, 0.2) is 5.82 Å². The number of nitrogens with one attached hydrogen (secondary N) is 1. The van der Waals surface area contributed by atoms with Crippen molar-refractivity contribution in [2.45, 2.75) is 30.4 Å². The number of carbonyl (C=O) groups excluding carboxylic acids is 4. The van der Waals surface area contributed by atoms with Crippen molar-refractivity contribution in [2.24, 2.45) is 23.7 Å². The predicted molar refractivity (Wildman–Crippen MR) is 221 cm³/mol. The van der Waals surface area contributed by atoms with E-state index in [1.165, 1.54) is 38.4 Å². The lowest BCUT2D eigenvalue weighted by atomic mass is 9.48. The first-order chi connectivity index (χ1) is 29.1. The van der Waals surface area contributed by atoms with E-state index in [4.69, 9.17) is 39.5 Å². The second kappa shape index (κ2) is 14.7. The summed E-state index contributed by atoms with van der Waals surface area (Å²) in [5.41, 5.74) is 1.37. The Morgan fingerprint density at radius 3 is 2.33 bits per heavy atom. The van der Waals surface area contributed by atoms with Gasteiger partial charge in [-0.05, 0) is 83.6 Å². The van der Waals surface area contributed by atoms with Crippen LogP contribution in [0.4, 0.5) is 24.7 Å². The number of benzene rings is 4. The molecule has 4 aliphatic rings. The summed E-state index contributed by atoms with van der Waals surface area (Å²) in [5, 5.41) is 16.1. The van der Waals surface area contributed by atoms with Crippen molar-refractivity contribution in [3.05, 3.63) is 135 Å². The quantitative estimate of drug-likeness (QED) is 0.121. The SMILES string of the molecule is COc1ccc([C@@]23C(=O)N(Nc4ccc(Cl)cc4Cl)C(=O)[C@@H]2C[C@@H]2C(=CC[C@@H]4C(=O)N(N(C)c5nc(C(F)(F)F)ccc5Cl)C(=O)[C@@H]42)[C@@H]3c2c(O)ccc3ccccc23)cc1. The van der Waals surface area contributed by atoms with Crippen LogP contribution in [0.15, 0.2) is 103 Å². The second-order valence-corrected chi connectivity index (χ2v) is 16.7. The Morgan fingerprint density at radius 2 is 1.62 bits per heavy atom. The number of alkyl halides is 3. The Morgan fingerprint density at radius 1 is 0.885 bits per heavy atom. The summed E-state index contributed by atoms with van der Waals surface area (Å²) in [5.74, 6) is -8.30. The van der Waals surface area contributed by atoms with Gasteiger partial charge in [-0.1, -0.05) is 88.9 Å². The summed E-state index contributed by atoms with van der Waals surface area (Å²) in [7, 11) is 2.72. The molecular formula is C44H33Cl3F3N5O6. The van der Waals surface area contributed by atoms with Crippen molar-refractivity contribution in [2.75, 3.05) is 24.6 Å². The fourth-order valence-corrected chi connectivity index (χ4v) is 10.6. The molecule has 2 N–H and O–H groups in total. The average molecular weight is 891 g/mol. The van der Waals surface area contributed by atoms with Gasteiger partial charge in [-0.15, -0.1) is 0 Å². The zero-order chi connectivity index (χ0) is 43.3. The van der Waals surface area contributed by atoms with Gasteiger partial charge in [0.1, 0.15) is 17.2 Å². The number of pyridine rings is 1. The molecule has 9 rings (SSSR count). The summed E-state index contributed by atoms with van der Waals surface area (Å²) < 4.78 is 46.9. The maximum absolute atomic E-state index is 15.7. The number of hydrogen-bond acceptors (Lipinski definition) is 9. The molecule has 2 saturated heterocycles. The van der Waals surface area contributed by atoms with Crippen molar-refractivity contribution >= 4 is 80.7 Å². The third-order valence-electron chi connectivity index (χ3n) is 12.5. The van der Waals surface area contributed by atoms with E-state index in [0.717, 1.165) is 26.5 Å². The van der Waals surface area contributed by atoms with Crippen molar-refractivity contribution in [1.82, 2.24) is 15.0 Å². The van der Waals surface area contributed by atoms with Crippen molar-refractivity contribution < 1.29 is 42.2 Å². The second-order valence-electron chi connectivity index (χ2n) is 15.4. The number of aromatic hydroxyl groups is 1. The van der Waals surface area contributed by atoms with Gasteiger partial charge in [-0.3, -0.25) is 29.6 Å². The number of hydrogen-bond donors (Lipinski definition) is 2. The van der Waals surface area contributed by atoms with Crippen LogP contribution in [0.3, 0.4) is 0 Å². The largest absolute Gasteiger partial charge is 0.508 e. The van der Waals surface area contributed by atoms with Gasteiger partial charge >= 0.3 is 6.18 Å². The molecule has 4 amide bonds. The molecule has 4 aromatic carbocycles. The monoisotopic (exact) mass is 889 g/mol. The molecule has 17 heteroatoms. The Balaban J connectivity index is 1.25. The van der Waals surface area contributed by atoms with E-state index >= 15 is 9.59 Å². The van der Waals surface area contributed by atoms with E-state index in [2.05, 4.69) is 10.4 Å². The summed E-state index contributed by atoms with van der Waals surface area (Å²) in [6.07, 6.45) is -3.17. The van der Waals surface area contributed by atoms with Crippen LogP contribution in [-0.2, 0) is 30.8 Å². The lowest BCUT2D eigenvalue weighted by Crippen LogP contribution is -2.53. The van der Waals surface area contributed by atoms with Crippen molar-refractivity contribution in [3.63, 3.8) is 0 Å². The summed E-state index contributed by atoms with van der Waals surface area (Å²) in [6.45, 7) is 0. The molecule has 3 fully saturated rings. The van der Waals surface area contributed by atoms with E-state index in [9.17, 15) is 27.9 Å². The zero-order valence-electron chi connectivity index (χ0n) is 32.1. The van der Waals surface area contributed by atoms with Crippen LogP contribution in [0.5, 0.6) is 11.5 Å². The number of methoxy groups -OCH3 is 1. The Hall–Kier alpha value is -5.83. The lowest BCUT2D eigenvalue weighted by Gasteiger charge is -2.51. The number of ether oxygens (including phenoxy) is 1. The highest BCUT2D eigenvalue weighted by Crippen LogP contribution is 2.65. The molecule has 0 unspecified atom stereocenters. The average Bonchev–Trinajstić information content (AvgIpc) is 3.62. The molecule has 2 aliphatic carbocycles. The minimum Gasteiger partial charge on any atom is -0.508 e. The van der Waals surface area contributed by atoms with E-state index in [-0.39, 0.29) is 34.3 Å². The first-order valence-electron chi connectivity index (χ1n) is 19.1. The smallest absolute Gasteiger partial charge is 0.433 e. The van der Waals surface area contributed by atoms with E-state index in [1.54, 1.807) is 48.5 Å². The van der Waals surface area contributed by atoms with Crippen LogP contribution >= 0.6 is 34.8 Å². The van der Waals surface area contributed by atoms with Crippen LogP contribution < -0.4 is 15.2 Å². The molecule has 61 heavy (non-hydrogen) atoms. The van der Waals surface area contributed by atoms with E-state index in [1.807, 2.05) is 12.1 Å². The van der Waals surface area contributed by atoms with Crippen LogP contribution in [0.25, 0.3) is 10.8 Å². The maximum atomic E-state index is 15.7. The first kappa shape index (κ1) is 40.6. The number of imide groups is 2. The summed E-state index contributed by atoms with van der Waals surface area (Å²) in [4.78, 5) is 63.7. The Bertz CT molecular complexity index is 2730. The van der Waals surface area contributed by atoms with Gasteiger partial charge in [0.25, 0.3) is 23.6 Å². The number of rotatable bonds is 7. The number of halogens is 6. The minimum atomic E-state index is -4.85. The third kappa shape index (κ3) is 6.12. The molecule has 6 atom stereocenters. The van der Waals surface area contributed by atoms with E-state index in [0.29, 0.717) is 38.9 Å². The third-order valence-corrected chi connectivity index (χ3v) is 13.4. The molecule has 0 radical (unpaired) electrons. The number of nitrogens with zero attached hydrogens (tertiary/aromatic N) is 4. The molecule has 11 nitrogen and oxygen atoms in total. The van der Waals surface area contributed by atoms with Gasteiger partial charge in [0, 0.05) is 23.6 Å². The molecule has 1 aromatic heterocycles. The fourth-order valence-electron chi connectivity index (χ4n) is 9.93. The van der Waals surface area contributed by atoms with Crippen LogP contribution in [0, 0.1) is 23.7 Å². The minimum absolute atomic E-state index is 0.00889. The number of hydrazine groups is 2. The first-order valence-corrected chi connectivity index (χ1v) is 20.2. The van der Waals surface area contributed by atoms with Crippen molar-refractivity contribution in [1.29, 1.82) is 0 Å². The normalized spacial score (nSPS) is 24.7. The number of fused-ring (bicyclic) bond motifs is 5. The number of anilines is 2. The molecule has 3 heterocycles. The van der Waals surface area contributed by atoms with Crippen LogP contribution in [0.1, 0.15) is 35.6 Å². The van der Waals surface area contributed by atoms with Crippen LogP contribution in [0.2, 0.25) is 15.1 Å². The highest BCUT2D eigenvalue weighted by molar-refractivity contribution is 6.36. The van der Waals surface area contributed by atoms with Gasteiger partial charge in [0.2, 0.25) is 0 Å². The Labute approximate surface area is 361 Å². The number of phenolic OH excluding ortho intramolecular Hbond substituents is 1. The number of allylic oxidation sites excluding steroid dienone is 2. The topological polar surface area (TPSA) is 132 Å². The van der Waals surface area contributed by atoms with Gasteiger partial charge < -0.3 is 9.84 Å². The molecular weight excluding hydrogens is 858 g/mol. The lowest BCUT2D eigenvalue weighted by molar-refractivity contribution is -0.142. The molecule has 1 saturated carbocycles. The summed E-state index contributed by atoms with van der Waals surface area (Å²) in [6, 6.07) is 23.4. The molecule has 0 bridgehead atoms. The standard InChI is InChI=1S/C44H33Cl3F3N5O6/c1-53(38-30(46)15-18-34(51-38)44(48,49)50)55-39(57)27-14-13-26-28(35(27)41(55)59)20-29-40(58)54(52-32-16-10-23(45)19-31(32)47)42(60)43(29,22-8-11-24(61-2)12-9-22)37(26)36-25-6-4-3-5-21(25)7-17-33(36)56/h3-13,15-19,27-29,35,37,52,56H,14,20H2,1-2H3/t27-,28+,29-,35-,37+,43+/m0/s1. The zero-order valence-corrected chi connectivity index (χ0v) is 34.4. The number of amides is 4. The van der Waals surface area contributed by atoms with Gasteiger partial charge in [-0.2, -0.15) is 23.2 Å². The number of carbonyl (C=O) groups is 4. The highest BCUT2D eigenvalue weighted by atomic mass is 35.5. The van der Waals surface area contributed by atoms with Crippen molar-refractivity contribution in [3.8, 4) is 11.5 Å². The van der Waals surface area contributed by atoms with Gasteiger partial charge in [-0.25, -0.2) is 4.98 Å². The van der Waals surface area contributed by atoms with Gasteiger partial charge in [0.05, 0.1) is 46.0 Å².